The van der Waals surface area contributed by atoms with E-state index >= 15 is 0 Å². The molecule has 2 fully saturated rings. The third kappa shape index (κ3) is 3.32. The lowest BCUT2D eigenvalue weighted by atomic mass is 10.1. The molecule has 3 aromatic rings. The van der Waals surface area contributed by atoms with Crippen LogP contribution in [0.3, 0.4) is 0 Å². The molecule has 0 spiro atoms. The first kappa shape index (κ1) is 16.4. The normalized spacial score (nSPS) is 23.1. The number of hydrogen-bond donors (Lipinski definition) is 1. The number of aromatic nitrogens is 3. The number of benzene rings is 1. The van der Waals surface area contributed by atoms with Crippen molar-refractivity contribution in [3.05, 3.63) is 41.3 Å². The molecule has 3 heterocycles. The van der Waals surface area contributed by atoms with Crippen molar-refractivity contribution >= 4 is 16.9 Å². The van der Waals surface area contributed by atoms with Gasteiger partial charge >= 0.3 is 0 Å². The van der Waals surface area contributed by atoms with Crippen LogP contribution in [0.15, 0.2) is 33.4 Å². The van der Waals surface area contributed by atoms with Crippen LogP contribution in [0.4, 0.5) is 0 Å². The second-order valence-corrected chi connectivity index (χ2v) is 7.73. The highest BCUT2D eigenvalue weighted by Crippen LogP contribution is 2.40. The van der Waals surface area contributed by atoms with Crippen LogP contribution in [0.5, 0.6) is 0 Å². The lowest BCUT2D eigenvalue weighted by molar-refractivity contribution is 0.0922. The first-order valence-electron chi connectivity index (χ1n) is 9.37. The lowest BCUT2D eigenvalue weighted by Gasteiger charge is -2.16. The van der Waals surface area contributed by atoms with Crippen LogP contribution in [-0.4, -0.2) is 45.4 Å². The highest BCUT2D eigenvalue weighted by atomic mass is 16.6. The smallest absolute Gasteiger partial charge is 0.273 e. The summed E-state index contributed by atoms with van der Waals surface area (Å²) < 4.78 is 10.0. The van der Waals surface area contributed by atoms with Crippen LogP contribution in [0, 0.1) is 5.92 Å². The molecule has 5 rings (SSSR count). The van der Waals surface area contributed by atoms with E-state index in [1.165, 1.54) is 0 Å². The maximum atomic E-state index is 12.5. The van der Waals surface area contributed by atoms with Crippen LogP contribution in [0.2, 0.25) is 0 Å². The molecule has 1 saturated heterocycles. The van der Waals surface area contributed by atoms with Crippen molar-refractivity contribution in [2.45, 2.75) is 38.3 Å². The monoisotopic (exact) mass is 367 g/mol. The standard InChI is InChI=1S/C19H21N5O3/c1-11-8-24(9-12-2-5-14-15(6-12)23-27-22-14)10-17(11)20-19(25)16-7-18(26-21-16)13-3-4-13/h2,5-7,11,13,17H,3-4,8-10H2,1H3,(H,20,25). The van der Waals surface area contributed by atoms with Gasteiger partial charge in [-0.3, -0.25) is 9.69 Å². The molecule has 27 heavy (non-hydrogen) atoms. The second-order valence-electron chi connectivity index (χ2n) is 7.73. The third-order valence-electron chi connectivity index (χ3n) is 5.47. The van der Waals surface area contributed by atoms with Crippen molar-refractivity contribution < 1.29 is 13.9 Å². The van der Waals surface area contributed by atoms with Gasteiger partial charge in [0.25, 0.3) is 5.91 Å². The van der Waals surface area contributed by atoms with Crippen molar-refractivity contribution in [3.63, 3.8) is 0 Å². The highest BCUT2D eigenvalue weighted by Gasteiger charge is 2.33. The number of carbonyl (C=O) groups excluding carboxylic acids is 1. The van der Waals surface area contributed by atoms with E-state index in [9.17, 15) is 4.79 Å². The average Bonchev–Trinajstić information content (AvgIpc) is 3.05. The molecule has 2 atom stereocenters. The number of amides is 1. The van der Waals surface area contributed by atoms with Gasteiger partial charge in [-0.05, 0) is 46.8 Å². The Hall–Kier alpha value is -2.74. The molecule has 1 aliphatic carbocycles. The SMILES string of the molecule is CC1CN(Cc2ccc3nonc3c2)CC1NC(=O)c1cc(C2CC2)on1. The number of likely N-dealkylation sites (tertiary alicyclic amines) is 1. The number of fused-ring (bicyclic) bond motifs is 1. The molecule has 8 nitrogen and oxygen atoms in total. The Labute approximate surface area is 155 Å². The number of carbonyl (C=O) groups is 1. The summed E-state index contributed by atoms with van der Waals surface area (Å²) in [6.45, 7) is 4.69. The van der Waals surface area contributed by atoms with Gasteiger partial charge in [-0.2, -0.15) is 0 Å². The van der Waals surface area contributed by atoms with Gasteiger partial charge in [0.05, 0.1) is 0 Å². The maximum Gasteiger partial charge on any atom is 0.273 e. The number of nitrogens with zero attached hydrogens (tertiary/aromatic N) is 4. The van der Waals surface area contributed by atoms with Gasteiger partial charge in [-0.15, -0.1) is 0 Å². The molecule has 2 aromatic heterocycles. The topological polar surface area (TPSA) is 97.3 Å². The molecule has 0 bridgehead atoms. The van der Waals surface area contributed by atoms with Crippen molar-refractivity contribution in [1.82, 2.24) is 25.7 Å². The zero-order chi connectivity index (χ0) is 18.4. The summed E-state index contributed by atoms with van der Waals surface area (Å²) in [5, 5.41) is 14.8. The molecule has 1 amide bonds. The first-order chi connectivity index (χ1) is 13.2. The Bertz CT molecular complexity index is 977. The minimum Gasteiger partial charge on any atom is -0.360 e. The molecular weight excluding hydrogens is 346 g/mol. The van der Waals surface area contributed by atoms with Crippen LogP contribution in [0.25, 0.3) is 11.0 Å². The fourth-order valence-electron chi connectivity index (χ4n) is 3.77. The van der Waals surface area contributed by atoms with Gasteiger partial charge in [0.1, 0.15) is 16.8 Å². The summed E-state index contributed by atoms with van der Waals surface area (Å²) >= 11 is 0. The predicted octanol–water partition coefficient (Wildman–Crippen LogP) is 2.34. The van der Waals surface area contributed by atoms with E-state index < -0.39 is 0 Å². The van der Waals surface area contributed by atoms with E-state index in [0.29, 0.717) is 17.5 Å². The van der Waals surface area contributed by atoms with E-state index in [4.69, 9.17) is 9.15 Å². The second kappa shape index (κ2) is 6.45. The molecule has 1 N–H and O–H groups in total. The molecule has 140 valence electrons. The minimum absolute atomic E-state index is 0.0935. The van der Waals surface area contributed by atoms with E-state index in [2.05, 4.69) is 32.6 Å². The quantitative estimate of drug-likeness (QED) is 0.739. The zero-order valence-electron chi connectivity index (χ0n) is 15.1. The average molecular weight is 367 g/mol. The fourth-order valence-corrected chi connectivity index (χ4v) is 3.77. The zero-order valence-corrected chi connectivity index (χ0v) is 15.1. The number of nitrogens with one attached hydrogen (secondary N) is 1. The van der Waals surface area contributed by atoms with E-state index in [0.717, 1.165) is 54.8 Å². The van der Waals surface area contributed by atoms with Gasteiger partial charge in [-0.25, -0.2) is 4.63 Å². The number of hydrogen-bond acceptors (Lipinski definition) is 7. The van der Waals surface area contributed by atoms with Gasteiger partial charge in [0, 0.05) is 37.7 Å². The molecule has 2 aliphatic rings. The van der Waals surface area contributed by atoms with Gasteiger partial charge in [0.2, 0.25) is 0 Å². The minimum atomic E-state index is -0.153. The van der Waals surface area contributed by atoms with Gasteiger partial charge in [-0.1, -0.05) is 18.1 Å². The molecule has 0 radical (unpaired) electrons. The van der Waals surface area contributed by atoms with E-state index in [1.807, 2.05) is 18.2 Å². The Morgan fingerprint density at radius 1 is 1.19 bits per heavy atom. The molecule has 1 saturated carbocycles. The van der Waals surface area contributed by atoms with E-state index in [1.54, 1.807) is 6.07 Å². The Morgan fingerprint density at radius 2 is 2.04 bits per heavy atom. The van der Waals surface area contributed by atoms with Crippen LogP contribution in [-0.2, 0) is 6.54 Å². The largest absolute Gasteiger partial charge is 0.360 e. The Balaban J connectivity index is 1.21. The van der Waals surface area contributed by atoms with Crippen molar-refractivity contribution in [1.29, 1.82) is 0 Å². The molecule has 1 aliphatic heterocycles. The third-order valence-corrected chi connectivity index (χ3v) is 5.47. The van der Waals surface area contributed by atoms with Crippen molar-refractivity contribution in [3.8, 4) is 0 Å². The Kier molecular flexibility index (Phi) is 3.93. The summed E-state index contributed by atoms with van der Waals surface area (Å²) in [4.78, 5) is 14.8. The molecule has 8 heteroatoms. The van der Waals surface area contributed by atoms with Gasteiger partial charge < -0.3 is 9.84 Å². The number of rotatable bonds is 5. The summed E-state index contributed by atoms with van der Waals surface area (Å²) in [6.07, 6.45) is 2.25. The van der Waals surface area contributed by atoms with Gasteiger partial charge in [0.15, 0.2) is 5.69 Å². The summed E-state index contributed by atoms with van der Waals surface area (Å²) in [5.74, 6) is 1.50. The molecule has 1 aromatic carbocycles. The first-order valence-corrected chi connectivity index (χ1v) is 9.37. The van der Waals surface area contributed by atoms with E-state index in [-0.39, 0.29) is 11.9 Å². The predicted molar refractivity (Wildman–Crippen MR) is 96.0 cm³/mol. The Morgan fingerprint density at radius 3 is 2.89 bits per heavy atom. The fraction of sp³-hybridized carbons (Fsp3) is 0.474. The lowest BCUT2D eigenvalue weighted by Crippen LogP contribution is -2.39. The summed E-state index contributed by atoms with van der Waals surface area (Å²) in [5.41, 5.74) is 3.06. The highest BCUT2D eigenvalue weighted by molar-refractivity contribution is 5.92. The van der Waals surface area contributed by atoms with Crippen LogP contribution >= 0.6 is 0 Å². The molecular formula is C19H21N5O3. The van der Waals surface area contributed by atoms with Crippen LogP contribution in [0.1, 0.15) is 47.5 Å². The van der Waals surface area contributed by atoms with Crippen molar-refractivity contribution in [2.24, 2.45) is 5.92 Å². The molecule has 2 unspecified atom stereocenters. The van der Waals surface area contributed by atoms with Crippen LogP contribution < -0.4 is 5.32 Å². The summed E-state index contributed by atoms with van der Waals surface area (Å²) in [6, 6.07) is 7.83. The van der Waals surface area contributed by atoms with Crippen molar-refractivity contribution in [2.75, 3.05) is 13.1 Å². The maximum absolute atomic E-state index is 12.5. The summed E-state index contributed by atoms with van der Waals surface area (Å²) in [7, 11) is 0.